The monoisotopic (exact) mass is 663 g/mol. The van der Waals surface area contributed by atoms with Gasteiger partial charge in [0.2, 0.25) is 5.95 Å². The summed E-state index contributed by atoms with van der Waals surface area (Å²) in [6.45, 7) is 8.62. The molecular formula is C33H35F2N7O4S. The Bertz CT molecular complexity index is 1940. The van der Waals surface area contributed by atoms with Crippen molar-refractivity contribution in [3.8, 4) is 17.3 Å². The number of hydrogen-bond donors (Lipinski definition) is 1. The molecule has 0 aliphatic carbocycles. The maximum atomic E-state index is 16.9. The normalized spacial score (nSPS) is 19.9. The number of nitriles is 1. The molecule has 246 valence electrons. The highest BCUT2D eigenvalue weighted by atomic mass is 32.1. The van der Waals surface area contributed by atoms with Crippen LogP contribution in [-0.2, 0) is 27.4 Å². The van der Waals surface area contributed by atoms with Gasteiger partial charge < -0.3 is 19.1 Å². The third-order valence-corrected chi connectivity index (χ3v) is 10.1. The highest BCUT2D eigenvalue weighted by Crippen LogP contribution is 2.46. The Morgan fingerprint density at radius 3 is 2.77 bits per heavy atom. The fourth-order valence-corrected chi connectivity index (χ4v) is 8.10. The molecule has 2 atom stereocenters. The summed E-state index contributed by atoms with van der Waals surface area (Å²) in [4.78, 5) is 31.0. The van der Waals surface area contributed by atoms with Gasteiger partial charge in [0.1, 0.15) is 22.2 Å². The molecule has 0 radical (unpaired) electrons. The van der Waals surface area contributed by atoms with Gasteiger partial charge in [-0.1, -0.05) is 0 Å². The highest BCUT2D eigenvalue weighted by Gasteiger charge is 2.36. The lowest BCUT2D eigenvalue weighted by molar-refractivity contribution is 0.0636. The van der Waals surface area contributed by atoms with Crippen LogP contribution >= 0.6 is 11.3 Å². The van der Waals surface area contributed by atoms with Crippen LogP contribution in [0.1, 0.15) is 56.7 Å². The number of nitrogens with zero attached hydrogens (tertiary/aromatic N) is 6. The predicted octanol–water partition coefficient (Wildman–Crippen LogP) is 6.12. The first-order valence-corrected chi connectivity index (χ1v) is 16.5. The number of amides is 1. The number of nitrogens with one attached hydrogen (secondary N) is 1. The van der Waals surface area contributed by atoms with Gasteiger partial charge in [-0.3, -0.25) is 15.2 Å². The molecule has 2 saturated heterocycles. The molecule has 0 spiro atoms. The van der Waals surface area contributed by atoms with E-state index in [0.717, 1.165) is 62.0 Å². The Balaban J connectivity index is 1.31. The van der Waals surface area contributed by atoms with Crippen LogP contribution < -0.4 is 10.2 Å². The quantitative estimate of drug-likeness (QED) is 0.258. The minimum Gasteiger partial charge on any atom is -0.444 e. The Morgan fingerprint density at radius 1 is 1.19 bits per heavy atom. The lowest BCUT2D eigenvalue weighted by Gasteiger charge is -2.30. The molecule has 3 aliphatic heterocycles. The molecule has 4 aromatic rings. The number of benzene rings is 1. The van der Waals surface area contributed by atoms with Crippen molar-refractivity contribution in [2.45, 2.75) is 70.9 Å². The predicted molar refractivity (Wildman–Crippen MR) is 173 cm³/mol. The lowest BCUT2D eigenvalue weighted by Crippen LogP contribution is -2.42. The van der Waals surface area contributed by atoms with Crippen LogP contribution in [0.3, 0.4) is 0 Å². The molecule has 3 aromatic heterocycles. The largest absolute Gasteiger partial charge is 0.444 e. The Morgan fingerprint density at radius 2 is 2.00 bits per heavy atom. The number of methoxy groups -OCH3 is 1. The SMILES string of the molecule is COC[C@@H]1CCCN1[C@H]1CCN(c2ncc3c4c(c(-c5ncc(F)c6sc(NC(=O)OC(C)(C)C)c(C#N)c56)c(F)c3n2)COC4)C1. The molecular weight excluding hydrogens is 628 g/mol. The van der Waals surface area contributed by atoms with E-state index in [-0.39, 0.29) is 50.6 Å². The number of rotatable bonds is 6. The van der Waals surface area contributed by atoms with Crippen LogP contribution in [-0.4, -0.2) is 77.0 Å². The summed E-state index contributed by atoms with van der Waals surface area (Å²) in [5, 5.41) is 13.5. The number of pyridine rings is 1. The number of hydrogen-bond acceptors (Lipinski definition) is 11. The van der Waals surface area contributed by atoms with Gasteiger partial charge >= 0.3 is 6.09 Å². The van der Waals surface area contributed by atoms with Crippen LogP contribution in [0.2, 0.25) is 0 Å². The van der Waals surface area contributed by atoms with Crippen molar-refractivity contribution >= 4 is 49.4 Å². The van der Waals surface area contributed by atoms with Crippen molar-refractivity contribution in [2.24, 2.45) is 0 Å². The summed E-state index contributed by atoms with van der Waals surface area (Å²) in [6.07, 6.45) is 5.05. The number of likely N-dealkylation sites (tertiary alicyclic amines) is 1. The first-order chi connectivity index (χ1) is 22.6. The minimum absolute atomic E-state index is 0.0369. The Labute approximate surface area is 274 Å². The van der Waals surface area contributed by atoms with Gasteiger partial charge in [0.25, 0.3) is 0 Å². The minimum atomic E-state index is -0.797. The molecule has 0 saturated carbocycles. The Kier molecular flexibility index (Phi) is 8.20. The van der Waals surface area contributed by atoms with Crippen LogP contribution in [0.4, 0.5) is 24.5 Å². The number of anilines is 2. The van der Waals surface area contributed by atoms with Gasteiger partial charge in [0.15, 0.2) is 11.6 Å². The van der Waals surface area contributed by atoms with E-state index in [9.17, 15) is 10.1 Å². The zero-order chi connectivity index (χ0) is 33.0. The molecule has 47 heavy (non-hydrogen) atoms. The number of carbonyl (C=O) groups excluding carboxylic acids is 1. The molecule has 3 aliphatic rings. The molecule has 7 rings (SSSR count). The summed E-state index contributed by atoms with van der Waals surface area (Å²) >= 11 is 0.867. The van der Waals surface area contributed by atoms with Gasteiger partial charge in [-0.15, -0.1) is 11.3 Å². The summed E-state index contributed by atoms with van der Waals surface area (Å²) in [5.41, 5.74) is 0.715. The van der Waals surface area contributed by atoms with Gasteiger partial charge in [-0.2, -0.15) is 5.26 Å². The van der Waals surface area contributed by atoms with Crippen molar-refractivity contribution in [3.63, 3.8) is 0 Å². The van der Waals surface area contributed by atoms with Gasteiger partial charge in [0.05, 0.1) is 42.0 Å². The fourth-order valence-electron chi connectivity index (χ4n) is 7.06. The summed E-state index contributed by atoms with van der Waals surface area (Å²) < 4.78 is 48.8. The molecule has 1 N–H and O–H groups in total. The average Bonchev–Trinajstić information content (AvgIpc) is 3.83. The second kappa shape index (κ2) is 12.2. The van der Waals surface area contributed by atoms with E-state index in [1.165, 1.54) is 0 Å². The average molecular weight is 664 g/mol. The van der Waals surface area contributed by atoms with Crippen molar-refractivity contribution in [1.29, 1.82) is 5.26 Å². The van der Waals surface area contributed by atoms with E-state index in [1.54, 1.807) is 34.1 Å². The zero-order valence-electron chi connectivity index (χ0n) is 26.7. The standard InChI is InChI=1S/C33H35F2N7O4S/c1-33(2,3)46-32(43)40-30-19(10-36)25-28(37-12-23(34)29(25)47-30)24-22-16-45-15-21(22)20-11-38-31(39-27(20)26(24)35)41-9-7-17(13-41)42-8-5-6-18(42)14-44-4/h11-12,17-18H,5-9,13-16H2,1-4H3,(H,40,43)/t17-,18-/m0/s1. The first kappa shape index (κ1) is 31.6. The second-order valence-corrected chi connectivity index (χ2v) is 14.2. The van der Waals surface area contributed by atoms with Crippen molar-refractivity contribution in [2.75, 3.05) is 43.6 Å². The number of aromatic nitrogens is 3. The molecule has 0 bridgehead atoms. The van der Waals surface area contributed by atoms with Crippen molar-refractivity contribution in [3.05, 3.63) is 40.7 Å². The number of ether oxygens (including phenoxy) is 3. The van der Waals surface area contributed by atoms with E-state index >= 15 is 8.78 Å². The van der Waals surface area contributed by atoms with E-state index in [0.29, 0.717) is 35.6 Å². The van der Waals surface area contributed by atoms with Crippen molar-refractivity contribution in [1.82, 2.24) is 19.9 Å². The number of halogens is 2. The van der Waals surface area contributed by atoms with Gasteiger partial charge in [-0.05, 0) is 57.7 Å². The molecule has 1 amide bonds. The number of carbonyl (C=O) groups is 1. The summed E-state index contributed by atoms with van der Waals surface area (Å²) in [6, 6.07) is 2.79. The molecule has 14 heteroatoms. The fraction of sp³-hybridized carbons (Fsp3) is 0.485. The van der Waals surface area contributed by atoms with Gasteiger partial charge in [0, 0.05) is 54.8 Å². The third-order valence-electron chi connectivity index (χ3n) is 9.02. The van der Waals surface area contributed by atoms with Crippen LogP contribution in [0.5, 0.6) is 0 Å². The summed E-state index contributed by atoms with van der Waals surface area (Å²) in [7, 11) is 1.73. The summed E-state index contributed by atoms with van der Waals surface area (Å²) in [5.74, 6) is -0.920. The van der Waals surface area contributed by atoms with Crippen molar-refractivity contribution < 1.29 is 27.8 Å². The lowest BCUT2D eigenvalue weighted by atomic mass is 9.94. The number of thiophene rings is 1. The van der Waals surface area contributed by atoms with Crippen LogP contribution in [0.15, 0.2) is 12.4 Å². The van der Waals surface area contributed by atoms with Gasteiger partial charge in [-0.25, -0.2) is 23.5 Å². The molecule has 1 aromatic carbocycles. The maximum absolute atomic E-state index is 16.9. The van der Waals surface area contributed by atoms with E-state index in [4.69, 9.17) is 19.2 Å². The molecule has 11 nitrogen and oxygen atoms in total. The molecule has 2 fully saturated rings. The molecule has 0 unspecified atom stereocenters. The highest BCUT2D eigenvalue weighted by molar-refractivity contribution is 7.23. The van der Waals surface area contributed by atoms with E-state index in [1.807, 2.05) is 0 Å². The zero-order valence-corrected chi connectivity index (χ0v) is 27.5. The first-order valence-electron chi connectivity index (χ1n) is 15.7. The number of fused-ring (bicyclic) bond motifs is 4. The molecule has 6 heterocycles. The van der Waals surface area contributed by atoms with Crippen LogP contribution in [0.25, 0.3) is 32.2 Å². The third kappa shape index (κ3) is 5.65. The van der Waals surface area contributed by atoms with Crippen LogP contribution in [0, 0.1) is 23.0 Å². The maximum Gasteiger partial charge on any atom is 0.412 e. The van der Waals surface area contributed by atoms with E-state index in [2.05, 4.69) is 31.2 Å². The topological polar surface area (TPSA) is 126 Å². The smallest absolute Gasteiger partial charge is 0.412 e. The Hall–Kier alpha value is -4.03. The van der Waals surface area contributed by atoms with E-state index < -0.39 is 23.3 Å². The second-order valence-electron chi connectivity index (χ2n) is 13.2.